The largest absolute Gasteiger partial charge is 0.416 e. The van der Waals surface area contributed by atoms with Gasteiger partial charge in [-0.2, -0.15) is 18.3 Å². The van der Waals surface area contributed by atoms with Crippen molar-refractivity contribution < 1.29 is 23.0 Å². The first-order valence-electron chi connectivity index (χ1n) is 7.00. The van der Waals surface area contributed by atoms with Crippen molar-refractivity contribution in [3.63, 3.8) is 0 Å². The van der Waals surface area contributed by atoms with Crippen LogP contribution >= 0.6 is 0 Å². The fourth-order valence-electron chi connectivity index (χ4n) is 2.18. The summed E-state index contributed by atoms with van der Waals surface area (Å²) in [6.07, 6.45) is -1.17. The number of aliphatic hydroxyl groups is 1. The number of hydrogen-bond acceptors (Lipinski definition) is 4. The molecule has 0 radical (unpaired) electrons. The second-order valence-electron chi connectivity index (χ2n) is 4.99. The van der Waals surface area contributed by atoms with Gasteiger partial charge in [-0.3, -0.25) is 4.68 Å². The Labute approximate surface area is 131 Å². The topological polar surface area (TPSA) is 59.3 Å². The van der Waals surface area contributed by atoms with Crippen molar-refractivity contribution >= 4 is 5.69 Å². The van der Waals surface area contributed by atoms with E-state index in [0.717, 1.165) is 12.1 Å². The van der Waals surface area contributed by atoms with E-state index in [9.17, 15) is 13.2 Å². The standard InChI is InChI=1S/C15H18F3N3O2/c1-23-10-14(20-13-8-19-21(9-13)5-6-22)11-3-2-4-12(7-11)15(16,17)18/h2-4,7-9,14,20,22H,5-6,10H2,1H3. The van der Waals surface area contributed by atoms with Gasteiger partial charge in [-0.1, -0.05) is 12.1 Å². The first-order chi connectivity index (χ1) is 10.9. The minimum atomic E-state index is -4.39. The van der Waals surface area contributed by atoms with Gasteiger partial charge in [0.2, 0.25) is 0 Å². The molecule has 0 aliphatic heterocycles. The van der Waals surface area contributed by atoms with Crippen molar-refractivity contribution in [3.05, 3.63) is 47.8 Å². The van der Waals surface area contributed by atoms with Gasteiger partial charge in [0.1, 0.15) is 0 Å². The highest BCUT2D eigenvalue weighted by Gasteiger charge is 2.31. The first-order valence-corrected chi connectivity index (χ1v) is 7.00. The van der Waals surface area contributed by atoms with E-state index in [-0.39, 0.29) is 13.2 Å². The van der Waals surface area contributed by atoms with Crippen LogP contribution < -0.4 is 5.32 Å². The lowest BCUT2D eigenvalue weighted by Crippen LogP contribution is -2.17. The molecule has 2 rings (SSSR count). The van der Waals surface area contributed by atoms with Crippen LogP contribution in [0.15, 0.2) is 36.7 Å². The Morgan fingerprint density at radius 1 is 1.39 bits per heavy atom. The highest BCUT2D eigenvalue weighted by atomic mass is 19.4. The minimum Gasteiger partial charge on any atom is -0.394 e. The summed E-state index contributed by atoms with van der Waals surface area (Å²) in [7, 11) is 1.48. The summed E-state index contributed by atoms with van der Waals surface area (Å²) in [5, 5.41) is 16.0. The fraction of sp³-hybridized carbons (Fsp3) is 0.400. The van der Waals surface area contributed by atoms with Gasteiger partial charge < -0.3 is 15.2 Å². The molecule has 126 valence electrons. The molecule has 2 N–H and O–H groups in total. The second kappa shape index (κ2) is 7.47. The third kappa shape index (κ3) is 4.70. The Morgan fingerprint density at radius 2 is 2.17 bits per heavy atom. The van der Waals surface area contributed by atoms with Gasteiger partial charge in [0.25, 0.3) is 0 Å². The zero-order valence-electron chi connectivity index (χ0n) is 12.5. The predicted molar refractivity (Wildman–Crippen MR) is 79.0 cm³/mol. The number of rotatable bonds is 7. The van der Waals surface area contributed by atoms with E-state index in [4.69, 9.17) is 9.84 Å². The lowest BCUT2D eigenvalue weighted by atomic mass is 10.0. The lowest BCUT2D eigenvalue weighted by molar-refractivity contribution is -0.137. The molecule has 1 unspecified atom stereocenters. The fourth-order valence-corrected chi connectivity index (χ4v) is 2.18. The molecule has 0 amide bonds. The minimum absolute atomic E-state index is 0.0454. The molecule has 5 nitrogen and oxygen atoms in total. The third-order valence-electron chi connectivity index (χ3n) is 3.25. The molecule has 2 aromatic rings. The number of methoxy groups -OCH3 is 1. The molecule has 0 spiro atoms. The summed E-state index contributed by atoms with van der Waals surface area (Å²) in [4.78, 5) is 0. The van der Waals surface area contributed by atoms with Gasteiger partial charge in [0.05, 0.1) is 43.2 Å². The van der Waals surface area contributed by atoms with Crippen LogP contribution in [0, 0.1) is 0 Å². The van der Waals surface area contributed by atoms with Crippen LogP contribution in [0.2, 0.25) is 0 Å². The monoisotopic (exact) mass is 329 g/mol. The second-order valence-corrected chi connectivity index (χ2v) is 4.99. The normalized spacial score (nSPS) is 13.1. The Morgan fingerprint density at radius 3 is 2.83 bits per heavy atom. The van der Waals surface area contributed by atoms with Crippen molar-refractivity contribution in [2.45, 2.75) is 18.8 Å². The number of alkyl halides is 3. The van der Waals surface area contributed by atoms with Crippen LogP contribution in [-0.4, -0.2) is 35.2 Å². The predicted octanol–water partition coefficient (Wildman–Crippen LogP) is 2.69. The number of nitrogens with one attached hydrogen (secondary N) is 1. The summed E-state index contributed by atoms with van der Waals surface area (Å²) in [5.74, 6) is 0. The van der Waals surface area contributed by atoms with Crippen LogP contribution in [0.5, 0.6) is 0 Å². The molecule has 1 heterocycles. The molecule has 0 saturated heterocycles. The highest BCUT2D eigenvalue weighted by Crippen LogP contribution is 2.31. The summed E-state index contributed by atoms with van der Waals surface area (Å²) < 4.78 is 45.2. The van der Waals surface area contributed by atoms with Crippen molar-refractivity contribution in [1.82, 2.24) is 9.78 Å². The third-order valence-corrected chi connectivity index (χ3v) is 3.25. The Bertz CT molecular complexity index is 628. The lowest BCUT2D eigenvalue weighted by Gasteiger charge is -2.19. The molecule has 8 heteroatoms. The number of benzene rings is 1. The number of halogens is 3. The summed E-state index contributed by atoms with van der Waals surface area (Å²) in [6.45, 7) is 0.503. The number of anilines is 1. The van der Waals surface area contributed by atoms with Crippen LogP contribution in [0.3, 0.4) is 0 Å². The maximum absolute atomic E-state index is 12.8. The number of ether oxygens (including phenoxy) is 1. The zero-order valence-corrected chi connectivity index (χ0v) is 12.5. The number of aromatic nitrogens is 2. The molecule has 23 heavy (non-hydrogen) atoms. The molecule has 0 aliphatic rings. The molecule has 1 aromatic carbocycles. The van der Waals surface area contributed by atoms with Gasteiger partial charge in [0, 0.05) is 13.3 Å². The van der Waals surface area contributed by atoms with E-state index in [2.05, 4.69) is 10.4 Å². The highest BCUT2D eigenvalue weighted by molar-refractivity contribution is 5.42. The smallest absolute Gasteiger partial charge is 0.394 e. The average molecular weight is 329 g/mol. The zero-order chi connectivity index (χ0) is 16.9. The first kappa shape index (κ1) is 17.3. The van der Waals surface area contributed by atoms with Gasteiger partial charge in [0.15, 0.2) is 0 Å². The molecule has 0 aliphatic carbocycles. The van der Waals surface area contributed by atoms with Crippen LogP contribution in [0.4, 0.5) is 18.9 Å². The van der Waals surface area contributed by atoms with Crippen molar-refractivity contribution in [2.75, 3.05) is 25.6 Å². The molecule has 0 bridgehead atoms. The maximum Gasteiger partial charge on any atom is 0.416 e. The summed E-state index contributed by atoms with van der Waals surface area (Å²) >= 11 is 0. The Kier molecular flexibility index (Phi) is 5.62. The molecule has 0 saturated carbocycles. The van der Waals surface area contributed by atoms with Gasteiger partial charge in [-0.05, 0) is 17.7 Å². The maximum atomic E-state index is 12.8. The average Bonchev–Trinajstić information content (AvgIpc) is 2.94. The van der Waals surface area contributed by atoms with Crippen LogP contribution in [0.1, 0.15) is 17.2 Å². The van der Waals surface area contributed by atoms with Gasteiger partial charge in [-0.15, -0.1) is 0 Å². The quantitative estimate of drug-likeness (QED) is 0.820. The van der Waals surface area contributed by atoms with E-state index in [1.54, 1.807) is 23.1 Å². The van der Waals surface area contributed by atoms with E-state index in [0.29, 0.717) is 17.8 Å². The number of hydrogen-bond donors (Lipinski definition) is 2. The van der Waals surface area contributed by atoms with Crippen LogP contribution in [-0.2, 0) is 17.5 Å². The van der Waals surface area contributed by atoms with E-state index in [1.165, 1.54) is 13.2 Å². The van der Waals surface area contributed by atoms with Crippen LogP contribution in [0.25, 0.3) is 0 Å². The van der Waals surface area contributed by atoms with E-state index < -0.39 is 17.8 Å². The SMILES string of the molecule is COCC(Nc1cnn(CCO)c1)c1cccc(C(F)(F)F)c1. The molecule has 1 aromatic heterocycles. The summed E-state index contributed by atoms with van der Waals surface area (Å²) in [6, 6.07) is 4.68. The number of nitrogens with zero attached hydrogens (tertiary/aromatic N) is 2. The Hall–Kier alpha value is -2.06. The van der Waals surface area contributed by atoms with Crippen molar-refractivity contribution in [3.8, 4) is 0 Å². The molecular formula is C15H18F3N3O2. The van der Waals surface area contributed by atoms with Crippen molar-refractivity contribution in [2.24, 2.45) is 0 Å². The van der Waals surface area contributed by atoms with Crippen molar-refractivity contribution in [1.29, 1.82) is 0 Å². The summed E-state index contributed by atoms with van der Waals surface area (Å²) in [5.41, 5.74) is 0.406. The molecule has 1 atom stereocenters. The van der Waals surface area contributed by atoms with E-state index in [1.807, 2.05) is 0 Å². The Balaban J connectivity index is 2.20. The van der Waals surface area contributed by atoms with Gasteiger partial charge >= 0.3 is 6.18 Å². The van der Waals surface area contributed by atoms with E-state index >= 15 is 0 Å². The molecule has 0 fully saturated rings. The molecular weight excluding hydrogens is 311 g/mol. The van der Waals surface area contributed by atoms with Gasteiger partial charge in [-0.25, -0.2) is 0 Å². The number of aliphatic hydroxyl groups excluding tert-OH is 1.